The number of benzene rings is 3. The Balaban J connectivity index is 1.57. The Bertz CT molecular complexity index is 1010. The van der Waals surface area contributed by atoms with E-state index in [1.807, 2.05) is 54.6 Å². The van der Waals surface area contributed by atoms with Crippen LogP contribution in [0.1, 0.15) is 16.7 Å². The van der Waals surface area contributed by atoms with E-state index in [9.17, 15) is 0 Å². The number of nitrogens with zero attached hydrogens (tertiary/aromatic N) is 3. The second-order valence-electron chi connectivity index (χ2n) is 5.77. The van der Waals surface area contributed by atoms with Crippen molar-refractivity contribution >= 4 is 23.1 Å². The summed E-state index contributed by atoms with van der Waals surface area (Å²) in [5, 5.41) is 17.3. The van der Waals surface area contributed by atoms with Gasteiger partial charge in [-0.05, 0) is 47.5 Å². The zero-order chi connectivity index (χ0) is 19.6. The second kappa shape index (κ2) is 9.95. The van der Waals surface area contributed by atoms with E-state index in [0.29, 0.717) is 22.2 Å². The molecule has 0 unspecified atom stereocenters. The molecule has 0 aliphatic heterocycles. The third-order valence-electron chi connectivity index (χ3n) is 3.67. The Kier molecular flexibility index (Phi) is 6.83. The predicted molar refractivity (Wildman–Crippen MR) is 115 cm³/mol. The lowest BCUT2D eigenvalue weighted by Crippen LogP contribution is -2.05. The number of amidine groups is 1. The maximum absolute atomic E-state index is 8.84. The molecule has 138 valence electrons. The normalized spacial score (nSPS) is 11.3. The van der Waals surface area contributed by atoms with E-state index >= 15 is 0 Å². The second-order valence-corrected chi connectivity index (χ2v) is 6.76. The maximum Gasteiger partial charge on any atom is 0.180 e. The van der Waals surface area contributed by atoms with E-state index < -0.39 is 0 Å². The van der Waals surface area contributed by atoms with E-state index in [4.69, 9.17) is 15.7 Å². The van der Waals surface area contributed by atoms with Crippen LogP contribution in [0, 0.1) is 11.3 Å². The van der Waals surface area contributed by atoms with E-state index in [-0.39, 0.29) is 0 Å². The van der Waals surface area contributed by atoms with Crippen molar-refractivity contribution in [3.63, 3.8) is 0 Å². The van der Waals surface area contributed by atoms with E-state index in [2.05, 4.69) is 16.3 Å². The minimum Gasteiger partial charge on any atom is -0.457 e. The van der Waals surface area contributed by atoms with Gasteiger partial charge in [-0.3, -0.25) is 0 Å². The summed E-state index contributed by atoms with van der Waals surface area (Å²) in [4.78, 5) is 0. The Morgan fingerprint density at radius 3 is 2.54 bits per heavy atom. The Labute approximate surface area is 168 Å². The summed E-state index contributed by atoms with van der Waals surface area (Å²) in [5.41, 5.74) is 8.51. The Hall–Kier alpha value is -3.56. The molecule has 0 spiro atoms. The van der Waals surface area contributed by atoms with Crippen molar-refractivity contribution in [2.45, 2.75) is 5.75 Å². The highest BCUT2D eigenvalue weighted by atomic mass is 32.2. The first kappa shape index (κ1) is 19.2. The maximum atomic E-state index is 8.84. The predicted octanol–water partition coefficient (Wildman–Crippen LogP) is 4.93. The van der Waals surface area contributed by atoms with Crippen LogP contribution in [0.4, 0.5) is 0 Å². The molecule has 28 heavy (non-hydrogen) atoms. The number of rotatable bonds is 6. The first-order chi connectivity index (χ1) is 13.7. The molecule has 3 rings (SSSR count). The van der Waals surface area contributed by atoms with Crippen LogP contribution in [-0.4, -0.2) is 11.4 Å². The number of hydrogen-bond acceptors (Lipinski definition) is 5. The zero-order valence-corrected chi connectivity index (χ0v) is 15.8. The lowest BCUT2D eigenvalue weighted by molar-refractivity contribution is 0.482. The molecule has 0 saturated heterocycles. The molecule has 2 N–H and O–H groups in total. The van der Waals surface area contributed by atoms with Gasteiger partial charge in [0.25, 0.3) is 0 Å². The van der Waals surface area contributed by atoms with Crippen LogP contribution in [0.25, 0.3) is 0 Å². The highest BCUT2D eigenvalue weighted by Gasteiger charge is 1.99. The smallest absolute Gasteiger partial charge is 0.180 e. The fourth-order valence-electron chi connectivity index (χ4n) is 2.30. The van der Waals surface area contributed by atoms with Crippen LogP contribution in [0.2, 0.25) is 0 Å². The van der Waals surface area contributed by atoms with Crippen LogP contribution >= 0.6 is 11.8 Å². The van der Waals surface area contributed by atoms with Gasteiger partial charge in [-0.1, -0.05) is 54.2 Å². The molecule has 3 aromatic carbocycles. The third kappa shape index (κ3) is 6.01. The van der Waals surface area contributed by atoms with Gasteiger partial charge in [-0.15, -0.1) is 5.10 Å². The van der Waals surface area contributed by atoms with Crippen molar-refractivity contribution < 1.29 is 4.74 Å². The molecule has 0 atom stereocenters. The van der Waals surface area contributed by atoms with Crippen LogP contribution in [0.3, 0.4) is 0 Å². The molecular formula is C22H18N4OS. The monoisotopic (exact) mass is 386 g/mol. The minimum absolute atomic E-state index is 0.407. The molecule has 0 amide bonds. The van der Waals surface area contributed by atoms with Gasteiger partial charge < -0.3 is 10.5 Å². The molecule has 0 aliphatic rings. The van der Waals surface area contributed by atoms with Crippen LogP contribution in [0.5, 0.6) is 11.5 Å². The topological polar surface area (TPSA) is 83.8 Å². The molecule has 3 aromatic rings. The van der Waals surface area contributed by atoms with Gasteiger partial charge in [0.2, 0.25) is 0 Å². The first-order valence-electron chi connectivity index (χ1n) is 8.54. The first-order valence-corrected chi connectivity index (χ1v) is 9.53. The molecule has 6 heteroatoms. The number of thioether (sulfide) groups is 1. The number of nitrogens with two attached hydrogens (primary N) is 1. The SMILES string of the molecule is N#Cc1ccc(Oc2cccc(C=NN=C(N)SCc3ccccc3)c2)cc1. The van der Waals surface area contributed by atoms with E-state index in [1.54, 1.807) is 30.5 Å². The van der Waals surface area contributed by atoms with Crippen molar-refractivity contribution in [1.29, 1.82) is 5.26 Å². The third-order valence-corrected chi connectivity index (χ3v) is 4.52. The summed E-state index contributed by atoms with van der Waals surface area (Å²) in [6.07, 6.45) is 1.63. The lowest BCUT2D eigenvalue weighted by atomic mass is 10.2. The molecule has 5 nitrogen and oxygen atoms in total. The van der Waals surface area contributed by atoms with Crippen molar-refractivity contribution in [3.05, 3.63) is 95.6 Å². The molecule has 0 bridgehead atoms. The van der Waals surface area contributed by atoms with E-state index in [1.165, 1.54) is 17.3 Å². The van der Waals surface area contributed by atoms with Crippen molar-refractivity contribution in [2.75, 3.05) is 0 Å². The molecule has 0 saturated carbocycles. The summed E-state index contributed by atoms with van der Waals surface area (Å²) < 4.78 is 5.80. The summed E-state index contributed by atoms with van der Waals surface area (Å²) in [6, 6.07) is 26.6. The number of ether oxygens (including phenoxy) is 1. The number of nitriles is 1. The highest BCUT2D eigenvalue weighted by Crippen LogP contribution is 2.22. The Morgan fingerprint density at radius 2 is 1.79 bits per heavy atom. The molecular weight excluding hydrogens is 368 g/mol. The summed E-state index contributed by atoms with van der Waals surface area (Å²) >= 11 is 1.44. The summed E-state index contributed by atoms with van der Waals surface area (Å²) in [5.74, 6) is 2.08. The molecule has 0 aliphatic carbocycles. The van der Waals surface area contributed by atoms with Gasteiger partial charge in [-0.25, -0.2) is 0 Å². The summed E-state index contributed by atoms with van der Waals surface area (Å²) in [7, 11) is 0. The van der Waals surface area contributed by atoms with Gasteiger partial charge in [-0.2, -0.15) is 10.4 Å². The zero-order valence-electron chi connectivity index (χ0n) is 15.0. The van der Waals surface area contributed by atoms with Gasteiger partial charge >= 0.3 is 0 Å². The van der Waals surface area contributed by atoms with Gasteiger partial charge in [0.05, 0.1) is 17.8 Å². The van der Waals surface area contributed by atoms with Crippen molar-refractivity contribution in [3.8, 4) is 17.6 Å². The molecule has 0 fully saturated rings. The Morgan fingerprint density at radius 1 is 1.00 bits per heavy atom. The molecule has 0 heterocycles. The molecule has 0 radical (unpaired) electrons. The van der Waals surface area contributed by atoms with Crippen LogP contribution in [0.15, 0.2) is 89.1 Å². The van der Waals surface area contributed by atoms with Gasteiger partial charge in [0, 0.05) is 5.75 Å². The average Bonchev–Trinajstić information content (AvgIpc) is 2.74. The fourth-order valence-corrected chi connectivity index (χ4v) is 2.92. The van der Waals surface area contributed by atoms with Crippen molar-refractivity contribution in [1.82, 2.24) is 0 Å². The largest absolute Gasteiger partial charge is 0.457 e. The minimum atomic E-state index is 0.407. The van der Waals surface area contributed by atoms with Crippen molar-refractivity contribution in [2.24, 2.45) is 15.9 Å². The quantitative estimate of drug-likeness (QED) is 0.370. The molecule has 0 aromatic heterocycles. The highest BCUT2D eigenvalue weighted by molar-refractivity contribution is 8.13. The van der Waals surface area contributed by atoms with Crippen LogP contribution < -0.4 is 10.5 Å². The van der Waals surface area contributed by atoms with Gasteiger partial charge in [0.15, 0.2) is 5.17 Å². The summed E-state index contributed by atoms with van der Waals surface area (Å²) in [6.45, 7) is 0. The van der Waals surface area contributed by atoms with Crippen LogP contribution in [-0.2, 0) is 5.75 Å². The lowest BCUT2D eigenvalue weighted by Gasteiger charge is -2.06. The number of hydrogen-bond donors (Lipinski definition) is 1. The standard InChI is InChI=1S/C22H18N4OS/c23-14-17-9-11-20(12-10-17)27-21-8-4-7-19(13-21)15-25-26-22(24)28-16-18-5-2-1-3-6-18/h1-13,15H,16H2,(H2,24,26). The van der Waals surface area contributed by atoms with Gasteiger partial charge in [0.1, 0.15) is 11.5 Å². The average molecular weight is 386 g/mol. The fraction of sp³-hybridized carbons (Fsp3) is 0.0455. The van der Waals surface area contributed by atoms with E-state index in [0.717, 1.165) is 11.3 Å².